The minimum absolute atomic E-state index is 0.244. The third-order valence-electron chi connectivity index (χ3n) is 3.31. The predicted octanol–water partition coefficient (Wildman–Crippen LogP) is 0.874. The highest BCUT2D eigenvalue weighted by Gasteiger charge is 2.18. The highest BCUT2D eigenvalue weighted by Crippen LogP contribution is 2.09. The molecule has 7 heteroatoms. The van der Waals surface area contributed by atoms with E-state index in [1.807, 2.05) is 0 Å². The second-order valence-electron chi connectivity index (χ2n) is 4.60. The molecule has 1 aliphatic heterocycles. The topological polar surface area (TPSA) is 83.0 Å². The summed E-state index contributed by atoms with van der Waals surface area (Å²) < 4.78 is 1.21. The number of carbonyl (C=O) groups excluding carboxylic acids is 1. The van der Waals surface area contributed by atoms with Gasteiger partial charge in [0, 0.05) is 19.3 Å². The Bertz CT molecular complexity index is 653. The molecule has 0 spiro atoms. The number of likely N-dealkylation sites (tertiary alicyclic amines) is 1. The van der Waals surface area contributed by atoms with Crippen molar-refractivity contribution in [1.82, 2.24) is 19.5 Å². The second-order valence-corrected chi connectivity index (χ2v) is 4.60. The first-order valence-electron chi connectivity index (χ1n) is 6.37. The summed E-state index contributed by atoms with van der Waals surface area (Å²) in [5.74, 6) is 0. The number of urea groups is 1. The van der Waals surface area contributed by atoms with Crippen LogP contribution in [0.1, 0.15) is 19.3 Å². The summed E-state index contributed by atoms with van der Waals surface area (Å²) in [6.45, 7) is 1.47. The van der Waals surface area contributed by atoms with Crippen molar-refractivity contribution in [1.29, 1.82) is 0 Å². The van der Waals surface area contributed by atoms with Crippen molar-refractivity contribution in [2.75, 3.05) is 18.5 Å². The Hall–Kier alpha value is -2.31. The van der Waals surface area contributed by atoms with Gasteiger partial charge in [0.25, 0.3) is 0 Å². The largest absolute Gasteiger partial charge is 0.346 e. The molecular weight excluding hydrogens is 246 g/mol. The van der Waals surface area contributed by atoms with Crippen LogP contribution < -0.4 is 11.1 Å². The van der Waals surface area contributed by atoms with Crippen LogP contribution in [0.2, 0.25) is 0 Å². The first-order valence-corrected chi connectivity index (χ1v) is 6.37. The van der Waals surface area contributed by atoms with Crippen LogP contribution in [0, 0.1) is 0 Å². The zero-order valence-corrected chi connectivity index (χ0v) is 10.4. The summed E-state index contributed by atoms with van der Waals surface area (Å²) in [4.78, 5) is 32.2. The van der Waals surface area contributed by atoms with Crippen LogP contribution in [-0.4, -0.2) is 38.7 Å². The molecule has 7 nitrogen and oxygen atoms in total. The number of H-pyrrole nitrogens is 1. The number of amides is 2. The minimum atomic E-state index is -0.390. The number of piperidine rings is 1. The summed E-state index contributed by atoms with van der Waals surface area (Å²) in [5, 5.41) is 0. The molecule has 3 rings (SSSR count). The lowest BCUT2D eigenvalue weighted by atomic mass is 10.1. The fourth-order valence-electron chi connectivity index (χ4n) is 2.31. The molecule has 0 atom stereocenters. The van der Waals surface area contributed by atoms with E-state index in [0.717, 1.165) is 32.4 Å². The van der Waals surface area contributed by atoms with Crippen molar-refractivity contribution in [3.05, 3.63) is 28.8 Å². The van der Waals surface area contributed by atoms with Crippen molar-refractivity contribution in [2.24, 2.45) is 0 Å². The molecule has 0 aliphatic carbocycles. The van der Waals surface area contributed by atoms with Crippen LogP contribution in [0.15, 0.2) is 23.1 Å². The smallest absolute Gasteiger partial charge is 0.323 e. The summed E-state index contributed by atoms with van der Waals surface area (Å²) >= 11 is 0. The summed E-state index contributed by atoms with van der Waals surface area (Å²) in [7, 11) is 0. The predicted molar refractivity (Wildman–Crippen MR) is 70.5 cm³/mol. The molecule has 1 fully saturated rings. The second kappa shape index (κ2) is 4.75. The third-order valence-corrected chi connectivity index (χ3v) is 3.31. The molecule has 0 saturated carbocycles. The number of hydrogen-bond donors (Lipinski definition) is 2. The van der Waals surface area contributed by atoms with E-state index < -0.39 is 0 Å². The monoisotopic (exact) mass is 261 g/mol. The van der Waals surface area contributed by atoms with Crippen LogP contribution in [0.5, 0.6) is 0 Å². The Labute approximate surface area is 109 Å². The zero-order valence-electron chi connectivity index (χ0n) is 10.4. The normalized spacial score (nSPS) is 15.7. The molecular formula is C12H15N5O2. The van der Waals surface area contributed by atoms with Crippen molar-refractivity contribution in [3.8, 4) is 0 Å². The van der Waals surface area contributed by atoms with Gasteiger partial charge in [-0.15, -0.1) is 0 Å². The lowest BCUT2D eigenvalue weighted by Crippen LogP contribution is -2.43. The number of carbonyl (C=O) groups is 1. The molecule has 0 radical (unpaired) electrons. The summed E-state index contributed by atoms with van der Waals surface area (Å²) in [5.41, 5.74) is 3.26. The maximum absolute atomic E-state index is 12.1. The van der Waals surface area contributed by atoms with Crippen molar-refractivity contribution in [2.45, 2.75) is 19.3 Å². The fourth-order valence-corrected chi connectivity index (χ4v) is 2.31. The molecule has 2 N–H and O–H groups in total. The molecule has 0 aromatic carbocycles. The van der Waals surface area contributed by atoms with E-state index in [0.29, 0.717) is 11.2 Å². The van der Waals surface area contributed by atoms with Crippen molar-refractivity contribution < 1.29 is 4.79 Å². The number of nitrogens with zero attached hydrogens (tertiary/aromatic N) is 3. The SMILES string of the molecule is O=C(Nn1c(=O)[nH]c2ncccc21)N1CCCCC1. The number of fused-ring (bicyclic) bond motifs is 1. The van der Waals surface area contributed by atoms with Gasteiger partial charge in [0.2, 0.25) is 0 Å². The first kappa shape index (κ1) is 11.8. The van der Waals surface area contributed by atoms with Crippen LogP contribution in [-0.2, 0) is 0 Å². The first-order chi connectivity index (χ1) is 9.25. The molecule has 0 unspecified atom stereocenters. The Morgan fingerprint density at radius 1 is 1.32 bits per heavy atom. The number of rotatable bonds is 1. The van der Waals surface area contributed by atoms with Gasteiger partial charge in [0.05, 0.1) is 0 Å². The van der Waals surface area contributed by atoms with E-state index in [4.69, 9.17) is 0 Å². The van der Waals surface area contributed by atoms with Gasteiger partial charge < -0.3 is 4.90 Å². The maximum Gasteiger partial charge on any atom is 0.346 e. The van der Waals surface area contributed by atoms with Crippen LogP contribution in [0.3, 0.4) is 0 Å². The Morgan fingerprint density at radius 2 is 2.11 bits per heavy atom. The third kappa shape index (κ3) is 2.18. The molecule has 3 heterocycles. The van der Waals surface area contributed by atoms with E-state index >= 15 is 0 Å². The van der Waals surface area contributed by atoms with Gasteiger partial charge in [-0.2, -0.15) is 4.68 Å². The zero-order chi connectivity index (χ0) is 13.2. The number of imidazole rings is 1. The van der Waals surface area contributed by atoms with Gasteiger partial charge in [-0.05, 0) is 31.4 Å². The Kier molecular flexibility index (Phi) is 2.94. The van der Waals surface area contributed by atoms with Gasteiger partial charge in [0.15, 0.2) is 5.65 Å². The van der Waals surface area contributed by atoms with Gasteiger partial charge in [0.1, 0.15) is 5.52 Å². The van der Waals surface area contributed by atoms with E-state index in [1.165, 1.54) is 4.68 Å². The van der Waals surface area contributed by atoms with Crippen molar-refractivity contribution >= 4 is 17.2 Å². The lowest BCUT2D eigenvalue weighted by molar-refractivity contribution is 0.197. The number of nitrogens with one attached hydrogen (secondary N) is 2. The standard InChI is InChI=1S/C12H15N5O2/c18-11-14-10-9(5-4-6-13-10)17(11)15-12(19)16-7-2-1-3-8-16/h4-6H,1-3,7-8H2,(H,15,19)(H,13,14,18). The number of aromatic amines is 1. The summed E-state index contributed by atoms with van der Waals surface area (Å²) in [6.07, 6.45) is 4.77. The van der Waals surface area contributed by atoms with Crippen LogP contribution in [0.4, 0.5) is 4.79 Å². The van der Waals surface area contributed by atoms with Crippen molar-refractivity contribution in [3.63, 3.8) is 0 Å². The molecule has 2 aromatic heterocycles. The highest BCUT2D eigenvalue weighted by molar-refractivity contribution is 5.84. The molecule has 1 aliphatic rings. The Morgan fingerprint density at radius 3 is 2.89 bits per heavy atom. The molecule has 19 heavy (non-hydrogen) atoms. The van der Waals surface area contributed by atoms with Crippen LogP contribution >= 0.6 is 0 Å². The van der Waals surface area contributed by atoms with Crippen LogP contribution in [0.25, 0.3) is 11.2 Å². The average Bonchev–Trinajstić information content (AvgIpc) is 2.76. The average molecular weight is 261 g/mol. The van der Waals surface area contributed by atoms with E-state index in [9.17, 15) is 9.59 Å². The fraction of sp³-hybridized carbons (Fsp3) is 0.417. The Balaban J connectivity index is 1.86. The van der Waals surface area contributed by atoms with E-state index in [2.05, 4.69) is 15.4 Å². The minimum Gasteiger partial charge on any atom is -0.323 e. The van der Waals surface area contributed by atoms with Gasteiger partial charge >= 0.3 is 11.7 Å². The maximum atomic E-state index is 12.1. The number of aromatic nitrogens is 3. The highest BCUT2D eigenvalue weighted by atomic mass is 16.2. The van der Waals surface area contributed by atoms with E-state index in [1.54, 1.807) is 23.2 Å². The lowest BCUT2D eigenvalue weighted by Gasteiger charge is -2.26. The number of hydrogen-bond acceptors (Lipinski definition) is 3. The van der Waals surface area contributed by atoms with Gasteiger partial charge in [-0.25, -0.2) is 20.0 Å². The quantitative estimate of drug-likeness (QED) is 0.799. The molecule has 2 aromatic rings. The number of pyridine rings is 1. The van der Waals surface area contributed by atoms with Gasteiger partial charge in [-0.3, -0.25) is 4.98 Å². The summed E-state index contributed by atoms with van der Waals surface area (Å²) in [6, 6.07) is 3.21. The molecule has 2 amide bonds. The molecule has 0 bridgehead atoms. The molecule has 1 saturated heterocycles. The van der Waals surface area contributed by atoms with E-state index in [-0.39, 0.29) is 11.7 Å². The molecule has 100 valence electrons. The van der Waals surface area contributed by atoms with Gasteiger partial charge in [-0.1, -0.05) is 0 Å².